The van der Waals surface area contributed by atoms with E-state index < -0.39 is 0 Å². The number of carbonyl (C=O) groups excluding carboxylic acids is 1. The van der Waals surface area contributed by atoms with E-state index in [4.69, 9.17) is 32.7 Å². The van der Waals surface area contributed by atoms with Crippen molar-refractivity contribution in [2.45, 2.75) is 0 Å². The minimum atomic E-state index is -0.207. The number of carbonyl (C=O) groups is 1. The molecule has 22 heavy (non-hydrogen) atoms. The summed E-state index contributed by atoms with van der Waals surface area (Å²) >= 11 is 11.9. The van der Waals surface area contributed by atoms with Crippen LogP contribution in [0.2, 0.25) is 10.0 Å². The number of methoxy groups -OCH3 is 2. The fourth-order valence-corrected chi connectivity index (χ4v) is 2.37. The third-order valence-corrected chi connectivity index (χ3v) is 3.61. The third-order valence-electron chi connectivity index (χ3n) is 3.05. The van der Waals surface area contributed by atoms with Gasteiger partial charge < -0.3 is 9.47 Å². The lowest BCUT2D eigenvalue weighted by atomic mass is 10.1. The third kappa shape index (κ3) is 3.81. The molecule has 0 aliphatic heterocycles. The van der Waals surface area contributed by atoms with Crippen molar-refractivity contribution < 1.29 is 14.3 Å². The Balaban J connectivity index is 2.30. The van der Waals surface area contributed by atoms with E-state index in [9.17, 15) is 4.79 Å². The van der Waals surface area contributed by atoms with Crippen molar-refractivity contribution in [2.75, 3.05) is 14.2 Å². The maximum absolute atomic E-state index is 12.4. The molecule has 0 N–H and O–H groups in total. The van der Waals surface area contributed by atoms with Crippen LogP contribution >= 0.6 is 23.2 Å². The van der Waals surface area contributed by atoms with Gasteiger partial charge in [-0.05, 0) is 48.0 Å². The summed E-state index contributed by atoms with van der Waals surface area (Å²) in [6.45, 7) is 0. The van der Waals surface area contributed by atoms with Crippen molar-refractivity contribution in [1.29, 1.82) is 0 Å². The van der Waals surface area contributed by atoms with Crippen LogP contribution in [0, 0.1) is 0 Å². The number of ether oxygens (including phenoxy) is 2. The average Bonchev–Trinajstić information content (AvgIpc) is 2.53. The van der Waals surface area contributed by atoms with Gasteiger partial charge in [0.1, 0.15) is 11.5 Å². The SMILES string of the molecule is COc1ccc(OC)c(C(=O)C=Cc2ccc(Cl)cc2Cl)c1. The van der Waals surface area contributed by atoms with Crippen LogP contribution in [-0.2, 0) is 0 Å². The summed E-state index contributed by atoms with van der Waals surface area (Å²) in [7, 11) is 3.05. The molecule has 0 bridgehead atoms. The van der Waals surface area contributed by atoms with Crippen molar-refractivity contribution in [3.8, 4) is 11.5 Å². The highest BCUT2D eigenvalue weighted by atomic mass is 35.5. The maximum atomic E-state index is 12.4. The van der Waals surface area contributed by atoms with Crippen molar-refractivity contribution >= 4 is 35.1 Å². The van der Waals surface area contributed by atoms with Crippen molar-refractivity contribution in [2.24, 2.45) is 0 Å². The molecule has 2 rings (SSSR count). The molecule has 0 aliphatic carbocycles. The summed E-state index contributed by atoms with van der Waals surface area (Å²) in [6.07, 6.45) is 3.08. The quantitative estimate of drug-likeness (QED) is 0.575. The molecule has 2 aromatic carbocycles. The number of hydrogen-bond acceptors (Lipinski definition) is 3. The normalized spacial score (nSPS) is 10.7. The molecule has 0 saturated heterocycles. The fourth-order valence-electron chi connectivity index (χ4n) is 1.90. The molecule has 0 amide bonds. The van der Waals surface area contributed by atoms with Crippen LogP contribution in [0.5, 0.6) is 11.5 Å². The second-order valence-electron chi connectivity index (χ2n) is 4.43. The van der Waals surface area contributed by atoms with Gasteiger partial charge in [-0.15, -0.1) is 0 Å². The van der Waals surface area contributed by atoms with E-state index in [1.807, 2.05) is 0 Å². The first-order valence-corrected chi connectivity index (χ1v) is 7.20. The zero-order chi connectivity index (χ0) is 16.1. The van der Waals surface area contributed by atoms with Gasteiger partial charge in [0, 0.05) is 10.0 Å². The lowest BCUT2D eigenvalue weighted by Gasteiger charge is -2.08. The molecule has 5 heteroatoms. The molecule has 0 unspecified atom stereocenters. The van der Waals surface area contributed by atoms with Crippen LogP contribution < -0.4 is 9.47 Å². The number of benzene rings is 2. The number of rotatable bonds is 5. The van der Waals surface area contributed by atoms with E-state index in [1.54, 1.807) is 49.6 Å². The smallest absolute Gasteiger partial charge is 0.189 e. The Morgan fingerprint density at radius 1 is 1.05 bits per heavy atom. The van der Waals surface area contributed by atoms with E-state index in [0.717, 1.165) is 0 Å². The number of halogens is 2. The van der Waals surface area contributed by atoms with Gasteiger partial charge in [-0.25, -0.2) is 0 Å². The molecule has 0 heterocycles. The lowest BCUT2D eigenvalue weighted by Crippen LogP contribution is -1.99. The number of allylic oxidation sites excluding steroid dienone is 1. The van der Waals surface area contributed by atoms with Gasteiger partial charge in [-0.3, -0.25) is 4.79 Å². The van der Waals surface area contributed by atoms with Crippen molar-refractivity contribution in [3.63, 3.8) is 0 Å². The largest absolute Gasteiger partial charge is 0.497 e. The van der Waals surface area contributed by atoms with Crippen LogP contribution in [0.3, 0.4) is 0 Å². The van der Waals surface area contributed by atoms with E-state index in [2.05, 4.69) is 0 Å². The van der Waals surface area contributed by atoms with E-state index in [1.165, 1.54) is 13.2 Å². The summed E-state index contributed by atoms with van der Waals surface area (Å²) in [5.74, 6) is 0.862. The monoisotopic (exact) mass is 336 g/mol. The molecule has 0 fully saturated rings. The van der Waals surface area contributed by atoms with Crippen molar-refractivity contribution in [1.82, 2.24) is 0 Å². The van der Waals surface area contributed by atoms with Gasteiger partial charge in [0.25, 0.3) is 0 Å². The topological polar surface area (TPSA) is 35.5 Å². The van der Waals surface area contributed by atoms with Gasteiger partial charge in [0.2, 0.25) is 0 Å². The molecule has 0 aliphatic rings. The molecule has 0 aromatic heterocycles. The Labute approximate surface area is 139 Å². The summed E-state index contributed by atoms with van der Waals surface area (Å²) < 4.78 is 10.3. The minimum absolute atomic E-state index is 0.207. The Morgan fingerprint density at radius 3 is 2.45 bits per heavy atom. The van der Waals surface area contributed by atoms with Gasteiger partial charge in [-0.2, -0.15) is 0 Å². The number of hydrogen-bond donors (Lipinski definition) is 0. The summed E-state index contributed by atoms with van der Waals surface area (Å²) in [5.41, 5.74) is 1.13. The lowest BCUT2D eigenvalue weighted by molar-refractivity contribution is 0.104. The maximum Gasteiger partial charge on any atom is 0.189 e. The zero-order valence-corrected chi connectivity index (χ0v) is 13.6. The van der Waals surface area contributed by atoms with Crippen LogP contribution in [0.1, 0.15) is 15.9 Å². The van der Waals surface area contributed by atoms with Gasteiger partial charge in [0.15, 0.2) is 5.78 Å². The Bertz CT molecular complexity index is 724. The summed E-state index contributed by atoms with van der Waals surface area (Å²) in [5, 5.41) is 1.03. The van der Waals surface area contributed by atoms with Crippen LogP contribution in [-0.4, -0.2) is 20.0 Å². The molecule has 114 valence electrons. The first-order valence-electron chi connectivity index (χ1n) is 6.44. The Hall–Kier alpha value is -1.97. The van der Waals surface area contributed by atoms with E-state index in [-0.39, 0.29) is 5.78 Å². The molecule has 2 aromatic rings. The molecule has 0 radical (unpaired) electrons. The highest BCUT2D eigenvalue weighted by molar-refractivity contribution is 6.35. The van der Waals surface area contributed by atoms with Crippen LogP contribution in [0.25, 0.3) is 6.08 Å². The van der Waals surface area contributed by atoms with Crippen LogP contribution in [0.4, 0.5) is 0 Å². The predicted molar refractivity (Wildman–Crippen MR) is 89.4 cm³/mol. The first-order chi connectivity index (χ1) is 10.5. The summed E-state index contributed by atoms with van der Waals surface area (Å²) in [6, 6.07) is 10.1. The second-order valence-corrected chi connectivity index (χ2v) is 5.27. The van der Waals surface area contributed by atoms with Crippen molar-refractivity contribution in [3.05, 3.63) is 63.6 Å². The predicted octanol–water partition coefficient (Wildman–Crippen LogP) is 4.91. The average molecular weight is 337 g/mol. The molecule has 0 spiro atoms. The standard InChI is InChI=1S/C17H14Cl2O3/c1-21-13-6-8-17(22-2)14(10-13)16(20)7-4-11-3-5-12(18)9-15(11)19/h3-10H,1-2H3. The van der Waals surface area contributed by atoms with Gasteiger partial charge in [0.05, 0.1) is 19.8 Å². The molecular formula is C17H14Cl2O3. The molecule has 3 nitrogen and oxygen atoms in total. The first kappa shape index (κ1) is 16.4. The summed E-state index contributed by atoms with van der Waals surface area (Å²) in [4.78, 5) is 12.4. The van der Waals surface area contributed by atoms with Gasteiger partial charge in [-0.1, -0.05) is 29.3 Å². The molecular weight excluding hydrogens is 323 g/mol. The fraction of sp³-hybridized carbons (Fsp3) is 0.118. The molecule has 0 atom stereocenters. The minimum Gasteiger partial charge on any atom is -0.497 e. The van der Waals surface area contributed by atoms with Crippen LogP contribution in [0.15, 0.2) is 42.5 Å². The van der Waals surface area contributed by atoms with Gasteiger partial charge >= 0.3 is 0 Å². The Kier molecular flexibility index (Phi) is 5.47. The highest BCUT2D eigenvalue weighted by Crippen LogP contribution is 2.26. The second kappa shape index (κ2) is 7.34. The zero-order valence-electron chi connectivity index (χ0n) is 12.1. The van der Waals surface area contributed by atoms with E-state index in [0.29, 0.717) is 32.7 Å². The molecule has 0 saturated carbocycles. The number of ketones is 1. The highest BCUT2D eigenvalue weighted by Gasteiger charge is 2.11. The Morgan fingerprint density at radius 2 is 1.82 bits per heavy atom. The van der Waals surface area contributed by atoms with E-state index >= 15 is 0 Å².